The third-order valence-electron chi connectivity index (χ3n) is 3.09. The molecule has 16 heavy (non-hydrogen) atoms. The molecular formula is C15H13N. The first kappa shape index (κ1) is 9.34. The van der Waals surface area contributed by atoms with Crippen LogP contribution in [0.15, 0.2) is 47.5 Å². The Morgan fingerprint density at radius 1 is 0.938 bits per heavy atom. The molecule has 2 aromatic rings. The van der Waals surface area contributed by atoms with E-state index in [0.717, 1.165) is 12.1 Å². The Bertz CT molecular complexity index is 567. The number of aliphatic imine (C=N–C) groups is 1. The Labute approximate surface area is 95.5 Å². The van der Waals surface area contributed by atoms with Gasteiger partial charge in [0.1, 0.15) is 0 Å². The van der Waals surface area contributed by atoms with Gasteiger partial charge in [-0.1, -0.05) is 42.5 Å². The van der Waals surface area contributed by atoms with E-state index >= 15 is 0 Å². The van der Waals surface area contributed by atoms with E-state index in [9.17, 15) is 0 Å². The molecule has 1 heteroatoms. The fraction of sp³-hybridized carbons (Fsp3) is 0.133. The van der Waals surface area contributed by atoms with Crippen molar-refractivity contribution in [1.82, 2.24) is 0 Å². The molecule has 0 saturated carbocycles. The molecule has 0 atom stereocenters. The van der Waals surface area contributed by atoms with Crippen LogP contribution in [0.1, 0.15) is 22.3 Å². The van der Waals surface area contributed by atoms with Crippen molar-refractivity contribution in [1.29, 1.82) is 0 Å². The summed E-state index contributed by atoms with van der Waals surface area (Å²) in [5.41, 5.74) is 6.30. The molecule has 1 aliphatic heterocycles. The highest BCUT2D eigenvalue weighted by Gasteiger charge is 2.10. The lowest BCUT2D eigenvalue weighted by molar-refractivity contribution is 1.18. The molecular weight excluding hydrogens is 194 g/mol. The van der Waals surface area contributed by atoms with E-state index in [1.807, 2.05) is 6.21 Å². The first-order valence-electron chi connectivity index (χ1n) is 5.55. The molecule has 1 heterocycles. The molecule has 0 spiro atoms. The number of hydrogen-bond donors (Lipinski definition) is 0. The van der Waals surface area contributed by atoms with Gasteiger partial charge in [-0.05, 0) is 29.2 Å². The maximum Gasteiger partial charge on any atom is 0.0694 e. The lowest BCUT2D eigenvalue weighted by Gasteiger charge is -2.06. The van der Waals surface area contributed by atoms with E-state index in [2.05, 4.69) is 54.4 Å². The zero-order chi connectivity index (χ0) is 11.0. The molecule has 0 radical (unpaired) electrons. The highest BCUT2D eigenvalue weighted by molar-refractivity contribution is 5.86. The van der Waals surface area contributed by atoms with Crippen LogP contribution >= 0.6 is 0 Å². The average molecular weight is 207 g/mol. The van der Waals surface area contributed by atoms with Crippen molar-refractivity contribution in [2.24, 2.45) is 4.99 Å². The first-order chi connectivity index (χ1) is 7.84. The number of para-hydroxylation sites is 1. The minimum absolute atomic E-state index is 0.979. The van der Waals surface area contributed by atoms with Gasteiger partial charge < -0.3 is 0 Å². The number of rotatable bonds is 0. The fourth-order valence-corrected chi connectivity index (χ4v) is 2.21. The van der Waals surface area contributed by atoms with Crippen LogP contribution in [0.25, 0.3) is 0 Å². The SMILES string of the molecule is Cc1cccc2c1N=Cc1ccccc1C2. The van der Waals surface area contributed by atoms with Crippen LogP contribution < -0.4 is 0 Å². The van der Waals surface area contributed by atoms with Gasteiger partial charge in [-0.25, -0.2) is 0 Å². The normalized spacial score (nSPS) is 12.8. The molecule has 2 aromatic carbocycles. The molecule has 78 valence electrons. The molecule has 1 nitrogen and oxygen atoms in total. The summed E-state index contributed by atoms with van der Waals surface area (Å²) in [6.45, 7) is 2.12. The summed E-state index contributed by atoms with van der Waals surface area (Å²) in [7, 11) is 0. The third kappa shape index (κ3) is 1.45. The van der Waals surface area contributed by atoms with Crippen LogP contribution in [0.4, 0.5) is 5.69 Å². The standard InChI is InChI=1S/C15H13N/c1-11-5-4-8-13-9-12-6-2-3-7-14(12)10-16-15(11)13/h2-8,10H,9H2,1H3. The van der Waals surface area contributed by atoms with E-state index in [1.54, 1.807) is 0 Å². The van der Waals surface area contributed by atoms with Crippen molar-refractivity contribution >= 4 is 11.9 Å². The Balaban J connectivity index is 2.21. The van der Waals surface area contributed by atoms with Crippen LogP contribution in [0, 0.1) is 6.92 Å². The average Bonchev–Trinajstić information content (AvgIpc) is 2.48. The van der Waals surface area contributed by atoms with Gasteiger partial charge in [-0.15, -0.1) is 0 Å². The van der Waals surface area contributed by atoms with Crippen LogP contribution in [0.3, 0.4) is 0 Å². The van der Waals surface area contributed by atoms with Crippen molar-refractivity contribution in [2.75, 3.05) is 0 Å². The topological polar surface area (TPSA) is 12.4 Å². The molecule has 0 amide bonds. The Kier molecular flexibility index (Phi) is 2.10. The highest BCUT2D eigenvalue weighted by atomic mass is 14.7. The minimum Gasteiger partial charge on any atom is -0.256 e. The summed E-state index contributed by atoms with van der Waals surface area (Å²) < 4.78 is 0. The van der Waals surface area contributed by atoms with Crippen LogP contribution in [-0.2, 0) is 6.42 Å². The smallest absolute Gasteiger partial charge is 0.0694 e. The monoisotopic (exact) mass is 207 g/mol. The van der Waals surface area contributed by atoms with Crippen molar-refractivity contribution < 1.29 is 0 Å². The van der Waals surface area contributed by atoms with Gasteiger partial charge in [0.15, 0.2) is 0 Å². The second-order valence-corrected chi connectivity index (χ2v) is 4.22. The van der Waals surface area contributed by atoms with Gasteiger partial charge in [0, 0.05) is 12.6 Å². The molecule has 0 bridgehead atoms. The molecule has 0 fully saturated rings. The summed E-state index contributed by atoms with van der Waals surface area (Å²) >= 11 is 0. The number of nitrogens with zero attached hydrogens (tertiary/aromatic N) is 1. The second-order valence-electron chi connectivity index (χ2n) is 4.22. The third-order valence-corrected chi connectivity index (χ3v) is 3.09. The van der Waals surface area contributed by atoms with Gasteiger partial charge in [0.05, 0.1) is 5.69 Å². The Morgan fingerprint density at radius 2 is 1.75 bits per heavy atom. The predicted molar refractivity (Wildman–Crippen MR) is 67.7 cm³/mol. The summed E-state index contributed by atoms with van der Waals surface area (Å²) in [6, 6.07) is 14.9. The van der Waals surface area contributed by atoms with E-state index in [1.165, 1.54) is 22.3 Å². The maximum atomic E-state index is 4.60. The zero-order valence-corrected chi connectivity index (χ0v) is 9.27. The van der Waals surface area contributed by atoms with Gasteiger partial charge >= 0.3 is 0 Å². The zero-order valence-electron chi connectivity index (χ0n) is 9.27. The second kappa shape index (κ2) is 3.60. The fourth-order valence-electron chi connectivity index (χ4n) is 2.21. The summed E-state index contributed by atoms with van der Waals surface area (Å²) in [6.07, 6.45) is 2.96. The lowest BCUT2D eigenvalue weighted by Crippen LogP contribution is -1.91. The number of benzene rings is 2. The largest absolute Gasteiger partial charge is 0.256 e. The van der Waals surface area contributed by atoms with E-state index in [-0.39, 0.29) is 0 Å². The molecule has 1 aliphatic rings. The van der Waals surface area contributed by atoms with Gasteiger partial charge in [0.2, 0.25) is 0 Å². The van der Waals surface area contributed by atoms with Gasteiger partial charge in [-0.3, -0.25) is 4.99 Å². The number of hydrogen-bond acceptors (Lipinski definition) is 1. The predicted octanol–water partition coefficient (Wildman–Crippen LogP) is 3.65. The number of fused-ring (bicyclic) bond motifs is 2. The molecule has 3 rings (SSSR count). The Morgan fingerprint density at radius 3 is 2.69 bits per heavy atom. The van der Waals surface area contributed by atoms with Gasteiger partial charge in [0.25, 0.3) is 0 Å². The summed E-state index contributed by atoms with van der Waals surface area (Å²) in [4.78, 5) is 4.60. The summed E-state index contributed by atoms with van der Waals surface area (Å²) in [5, 5.41) is 0. The van der Waals surface area contributed by atoms with Crippen LogP contribution in [0.5, 0.6) is 0 Å². The maximum absolute atomic E-state index is 4.60. The van der Waals surface area contributed by atoms with Gasteiger partial charge in [-0.2, -0.15) is 0 Å². The summed E-state index contributed by atoms with van der Waals surface area (Å²) in [5.74, 6) is 0. The quantitative estimate of drug-likeness (QED) is 0.533. The van der Waals surface area contributed by atoms with Crippen molar-refractivity contribution in [3.8, 4) is 0 Å². The molecule has 0 saturated heterocycles. The molecule has 0 aromatic heterocycles. The van der Waals surface area contributed by atoms with Crippen LogP contribution in [-0.4, -0.2) is 6.21 Å². The van der Waals surface area contributed by atoms with E-state index < -0.39 is 0 Å². The van der Waals surface area contributed by atoms with E-state index in [0.29, 0.717) is 0 Å². The van der Waals surface area contributed by atoms with Crippen molar-refractivity contribution in [3.63, 3.8) is 0 Å². The van der Waals surface area contributed by atoms with Crippen molar-refractivity contribution in [3.05, 3.63) is 64.7 Å². The lowest BCUT2D eigenvalue weighted by atomic mass is 9.99. The molecule has 0 N–H and O–H groups in total. The molecule has 0 aliphatic carbocycles. The van der Waals surface area contributed by atoms with Crippen LogP contribution in [0.2, 0.25) is 0 Å². The molecule has 0 unspecified atom stereocenters. The van der Waals surface area contributed by atoms with E-state index in [4.69, 9.17) is 0 Å². The number of aryl methyl sites for hydroxylation is 1. The Hall–Kier alpha value is -1.89. The minimum atomic E-state index is 0.979. The highest BCUT2D eigenvalue weighted by Crippen LogP contribution is 2.29. The first-order valence-corrected chi connectivity index (χ1v) is 5.55. The van der Waals surface area contributed by atoms with Crippen molar-refractivity contribution in [2.45, 2.75) is 13.3 Å².